The van der Waals surface area contributed by atoms with Crippen molar-refractivity contribution in [2.24, 2.45) is 0 Å². The summed E-state index contributed by atoms with van der Waals surface area (Å²) >= 11 is 14.9. The molecule has 12 atom stereocenters. The number of fused-ring (bicyclic) bond motifs is 2. The summed E-state index contributed by atoms with van der Waals surface area (Å²) in [6, 6.07) is 3.56. The number of aliphatic hydroxyl groups is 5. The standard InChI is InChI=1S/2C21H38N2O7Si2.C12H28Cl2OSi2.C11H6F17I.C9H12N2O6/c2*1-12(2)31(13(3)4)27-11-16-19(29-32(30-31,14(5)6)15(7)8)18(25)20(28-16)23-10-9-17(24)22-21(23)26;1-9(2)16(13,10(3)4)15-17(14,11(5)6)12(7)8;12-4(13,2-1-3-29)5(14,15)6(16,17)7(18,19)8(20,21)9(22,23)10(24,25)11(26,27)28;12-3-4-6(14)7(15)8(17-4)11-2-1-5(13)10-9(11)16/h2*9-10,12-16,18-20,25H,11H2,1-8H3,(H,22,24,26);9-12H,1-8H3;1-3H2;1-2,4,6-8,12,14-15H,3H2,(H,10,13,16). The first-order valence-corrected chi connectivity index (χ1v) is 56.7. The molecular weight excluding hydrogens is 2000 g/mol. The van der Waals surface area contributed by atoms with Gasteiger partial charge >= 0.3 is 98.9 Å². The van der Waals surface area contributed by atoms with Crippen LogP contribution in [0, 0.1) is 0 Å². The number of rotatable bonds is 27. The summed E-state index contributed by atoms with van der Waals surface area (Å²) in [6.45, 7) is 51.1. The smallest absolute Gasteiger partial charge is 0.432 e. The van der Waals surface area contributed by atoms with E-state index in [2.05, 4.69) is 176 Å². The molecule has 8 N–H and O–H groups in total. The fraction of sp³-hybridized carbons (Fsp3) is 0.838. The Morgan fingerprint density at radius 2 is 0.693 bits per heavy atom. The van der Waals surface area contributed by atoms with Crippen LogP contribution in [0.25, 0.3) is 0 Å². The van der Waals surface area contributed by atoms with Crippen LogP contribution in [0.15, 0.2) is 65.6 Å². The highest BCUT2D eigenvalue weighted by molar-refractivity contribution is 14.1. The molecule has 0 aliphatic carbocycles. The number of halogens is 20. The van der Waals surface area contributed by atoms with Crippen molar-refractivity contribution in [2.75, 3.05) is 24.2 Å². The van der Waals surface area contributed by atoms with Gasteiger partial charge in [-0.15, -0.1) is 22.2 Å². The maximum absolute atomic E-state index is 13.3. The summed E-state index contributed by atoms with van der Waals surface area (Å²) in [5.41, 5.74) is -0.903. The molecular formula is C74H122Cl2F17IN6O21Si6. The van der Waals surface area contributed by atoms with Gasteiger partial charge in [0.1, 0.15) is 54.9 Å². The van der Waals surface area contributed by atoms with Crippen molar-refractivity contribution >= 4 is 94.2 Å². The minimum absolute atomic E-state index is 0.108. The van der Waals surface area contributed by atoms with Crippen LogP contribution in [0.3, 0.4) is 0 Å². The number of aromatic nitrogens is 6. The Morgan fingerprint density at radius 1 is 0.425 bits per heavy atom. The molecule has 3 aromatic heterocycles. The lowest BCUT2D eigenvalue weighted by molar-refractivity contribution is -0.461. The van der Waals surface area contributed by atoms with Crippen LogP contribution in [0.1, 0.15) is 198 Å². The Bertz CT molecular complexity index is 4210. The second-order valence-corrected chi connectivity index (χ2v) is 66.1. The number of H-pyrrole nitrogens is 3. The average molecular weight is 2120 g/mol. The third kappa shape index (κ3) is 23.2. The van der Waals surface area contributed by atoms with Gasteiger partial charge in [-0.3, -0.25) is 43.0 Å². The van der Waals surface area contributed by atoms with Gasteiger partial charge in [0.15, 0.2) is 18.7 Å². The van der Waals surface area contributed by atoms with Crippen molar-refractivity contribution in [2.45, 2.75) is 367 Å². The summed E-state index contributed by atoms with van der Waals surface area (Å²) < 4.78 is 287. The summed E-state index contributed by atoms with van der Waals surface area (Å²) in [7, 11) is -15.8. The molecule has 0 saturated carbocycles. The normalized spacial score (nSPS) is 25.2. The van der Waals surface area contributed by atoms with Crippen molar-refractivity contribution in [3.63, 3.8) is 0 Å². The van der Waals surface area contributed by atoms with Crippen LogP contribution < -0.4 is 33.7 Å². The largest absolute Gasteiger partial charge is 0.460 e. The Labute approximate surface area is 753 Å². The van der Waals surface area contributed by atoms with Gasteiger partial charge in [0.2, 0.25) is 0 Å². The van der Waals surface area contributed by atoms with Crippen LogP contribution in [0.4, 0.5) is 74.6 Å². The lowest BCUT2D eigenvalue weighted by Crippen LogP contribution is -2.74. The van der Waals surface area contributed by atoms with Gasteiger partial charge in [0.25, 0.3) is 31.9 Å². The van der Waals surface area contributed by atoms with Crippen molar-refractivity contribution in [1.29, 1.82) is 0 Å². The molecule has 27 nitrogen and oxygen atoms in total. The van der Waals surface area contributed by atoms with Gasteiger partial charge in [-0.1, -0.05) is 189 Å². The van der Waals surface area contributed by atoms with Crippen LogP contribution in [0.5, 0.6) is 0 Å². The lowest BCUT2D eigenvalue weighted by atomic mass is 9.88. The van der Waals surface area contributed by atoms with Gasteiger partial charge < -0.3 is 69.8 Å². The second kappa shape index (κ2) is 43.5. The average Bonchev–Trinajstić information content (AvgIpc) is 1.39. The monoisotopic (exact) mass is 2120 g/mol. The summed E-state index contributed by atoms with van der Waals surface area (Å²) in [5, 5.41) is 50.5. The second-order valence-electron chi connectivity index (χ2n) is 35.6. The molecule has 12 unspecified atom stereocenters. The van der Waals surface area contributed by atoms with E-state index in [1.54, 1.807) is 0 Å². The summed E-state index contributed by atoms with van der Waals surface area (Å²) in [6.07, 6.45) is -18.9. The number of alkyl halides is 18. The maximum atomic E-state index is 13.3. The molecule has 53 heteroatoms. The maximum Gasteiger partial charge on any atom is 0.460 e. The molecule has 3 aromatic rings. The SMILES string of the molecule is CC(C)[Si](Cl)(O[Si](Cl)(C(C)C)C(C)C)C(C)C.CC(C)[Si]1(C(C)C)OCC2OC(n3ccc(=O)[nH]c3=O)C(O)C2O[Si](C(C)C)(C(C)C)O1.CC(C)[Si]1(C(C)C)OCC2OC(n3ccc(=O)[nH]c3=O)C(O)C2O[Si](C(C)C)(C(C)C)O1.FC(F)(F)C(F)(F)C(F)(F)C(F)(F)C(F)(F)C(F)(F)C(F)(F)C(F)(F)CCCI.O=c1ccn(C2OC(CO)C(O)C2O)c(=O)[nH]1. The van der Waals surface area contributed by atoms with Gasteiger partial charge in [-0.2, -0.15) is 74.6 Å². The zero-order valence-electron chi connectivity index (χ0n) is 74.7. The van der Waals surface area contributed by atoms with Crippen LogP contribution >= 0.6 is 44.7 Å². The molecule has 127 heavy (non-hydrogen) atoms. The first-order chi connectivity index (χ1) is 57.5. The van der Waals surface area contributed by atoms with E-state index in [0.29, 0.717) is 22.2 Å². The predicted molar refractivity (Wildman–Crippen MR) is 458 cm³/mol. The third-order valence-electron chi connectivity index (χ3n) is 23.0. The van der Waals surface area contributed by atoms with Crippen LogP contribution in [0.2, 0.25) is 66.5 Å². The fourth-order valence-corrected chi connectivity index (χ4v) is 49.2. The Balaban J connectivity index is 0.000000341. The van der Waals surface area contributed by atoms with Gasteiger partial charge in [-0.25, -0.2) is 14.4 Å². The van der Waals surface area contributed by atoms with Crippen molar-refractivity contribution < 1.29 is 144 Å². The van der Waals surface area contributed by atoms with E-state index in [9.17, 15) is 124 Å². The molecule has 0 amide bonds. The summed E-state index contributed by atoms with van der Waals surface area (Å²) in [5.74, 6) is -55.6. The first-order valence-electron chi connectivity index (χ1n) is 41.2. The fourth-order valence-electron chi connectivity index (χ4n) is 15.4. The number of hydrogen-bond donors (Lipinski definition) is 8. The zero-order chi connectivity index (χ0) is 98.7. The van der Waals surface area contributed by atoms with Crippen LogP contribution in [-0.2, 0) is 44.3 Å². The quantitative estimate of drug-likeness (QED) is 0.0116. The molecule has 5 aliphatic rings. The van der Waals surface area contributed by atoms with Gasteiger partial charge in [-0.05, 0) is 77.3 Å². The van der Waals surface area contributed by atoms with Crippen molar-refractivity contribution in [3.8, 4) is 0 Å². The molecule has 8 heterocycles. The first kappa shape index (κ1) is 116. The predicted octanol–water partition coefficient (Wildman–Crippen LogP) is 15.9. The van der Waals surface area contributed by atoms with Crippen molar-refractivity contribution in [1.82, 2.24) is 28.7 Å². The summed E-state index contributed by atoms with van der Waals surface area (Å²) in [4.78, 5) is 76.5. The highest BCUT2D eigenvalue weighted by Gasteiger charge is 2.95. The van der Waals surface area contributed by atoms with E-state index in [4.69, 9.17) is 71.5 Å². The molecule has 0 bridgehead atoms. The topological polar surface area (TPSA) is 358 Å². The number of nitrogens with one attached hydrogen (secondary N) is 3. The lowest BCUT2D eigenvalue weighted by Gasteiger charge is -2.51. The van der Waals surface area contributed by atoms with Gasteiger partial charge in [0.05, 0.1) is 19.8 Å². The molecule has 5 fully saturated rings. The number of nitrogens with zero attached hydrogens (tertiary/aromatic N) is 3. The Morgan fingerprint density at radius 3 is 0.929 bits per heavy atom. The number of hydrogen-bond acceptors (Lipinski definition) is 21. The highest BCUT2D eigenvalue weighted by Crippen LogP contribution is 2.65. The van der Waals surface area contributed by atoms with E-state index in [-0.39, 0.29) is 57.5 Å². The van der Waals surface area contributed by atoms with E-state index in [1.165, 1.54) is 56.3 Å². The molecule has 0 aromatic carbocycles. The molecule has 5 aliphatic heterocycles. The highest BCUT2D eigenvalue weighted by atomic mass is 127. The molecule has 5 saturated heterocycles. The van der Waals surface area contributed by atoms with E-state index in [0.717, 1.165) is 16.8 Å². The Kier molecular flexibility index (Phi) is 39.8. The molecule has 738 valence electrons. The van der Waals surface area contributed by atoms with E-state index in [1.807, 2.05) is 4.98 Å². The number of aromatic amines is 3. The van der Waals surface area contributed by atoms with E-state index < -0.39 is 228 Å². The number of aliphatic hydroxyl groups excluding tert-OH is 5. The van der Waals surface area contributed by atoms with Crippen LogP contribution in [-0.4, -0.2) is 231 Å². The zero-order valence-corrected chi connectivity index (χ0v) is 84.4. The number of ether oxygens (including phenoxy) is 3. The minimum Gasteiger partial charge on any atom is -0.432 e. The minimum atomic E-state index is -8.56. The van der Waals surface area contributed by atoms with Crippen molar-refractivity contribution in [3.05, 3.63) is 99.3 Å². The third-order valence-corrected chi connectivity index (χ3v) is 59.7. The molecule has 0 spiro atoms. The van der Waals surface area contributed by atoms with E-state index >= 15 is 0 Å². The molecule has 8 rings (SSSR count). The Hall–Kier alpha value is -3.14. The van der Waals surface area contributed by atoms with Gasteiger partial charge in [0, 0.05) is 43.2 Å². The molecule has 0 radical (unpaired) electrons.